The summed E-state index contributed by atoms with van der Waals surface area (Å²) in [6.45, 7) is 1.61. The Morgan fingerprint density at radius 3 is 2.47 bits per heavy atom. The van der Waals surface area contributed by atoms with Crippen LogP contribution in [0.3, 0.4) is 0 Å². The normalized spacial score (nSPS) is 17.1. The molecule has 1 aliphatic rings. The number of hydrogen-bond acceptors (Lipinski definition) is 1. The molecule has 1 aromatic carbocycles. The van der Waals surface area contributed by atoms with E-state index in [0.717, 1.165) is 36.5 Å². The zero-order chi connectivity index (χ0) is 13.7. The van der Waals surface area contributed by atoms with Crippen LogP contribution in [0.1, 0.15) is 18.4 Å². The molecule has 4 heteroatoms. The molecule has 2 rings (SSSR count). The van der Waals surface area contributed by atoms with Gasteiger partial charge in [0.25, 0.3) is 0 Å². The second-order valence-corrected chi connectivity index (χ2v) is 5.47. The van der Waals surface area contributed by atoms with Gasteiger partial charge in [-0.25, -0.2) is 0 Å². The van der Waals surface area contributed by atoms with E-state index in [1.807, 2.05) is 29.2 Å². The van der Waals surface area contributed by atoms with Crippen LogP contribution in [-0.2, 0) is 4.79 Å². The Morgan fingerprint density at radius 2 is 1.89 bits per heavy atom. The van der Waals surface area contributed by atoms with Crippen molar-refractivity contribution in [3.63, 3.8) is 0 Å². The van der Waals surface area contributed by atoms with Gasteiger partial charge in [-0.3, -0.25) is 4.79 Å². The Kier molecular flexibility index (Phi) is 5.29. The van der Waals surface area contributed by atoms with E-state index < -0.39 is 0 Å². The number of nitrogens with zero attached hydrogens (tertiary/aromatic N) is 1. The van der Waals surface area contributed by atoms with Crippen molar-refractivity contribution in [2.75, 3.05) is 19.0 Å². The van der Waals surface area contributed by atoms with E-state index in [-0.39, 0.29) is 11.8 Å². The molecule has 1 aromatic rings. The van der Waals surface area contributed by atoms with Crippen molar-refractivity contribution in [2.45, 2.75) is 12.8 Å². The molecule has 0 atom stereocenters. The summed E-state index contributed by atoms with van der Waals surface area (Å²) in [5, 5.41) is 0.755. The van der Waals surface area contributed by atoms with Crippen molar-refractivity contribution in [3.05, 3.63) is 40.9 Å². The van der Waals surface area contributed by atoms with Crippen molar-refractivity contribution >= 4 is 35.2 Å². The highest BCUT2D eigenvalue weighted by Gasteiger charge is 2.20. The molecule has 19 heavy (non-hydrogen) atoms. The zero-order valence-corrected chi connectivity index (χ0v) is 12.2. The van der Waals surface area contributed by atoms with Crippen molar-refractivity contribution in [2.24, 2.45) is 5.92 Å². The lowest BCUT2D eigenvalue weighted by atomic mass is 9.95. The quantitative estimate of drug-likeness (QED) is 0.777. The van der Waals surface area contributed by atoms with E-state index in [4.69, 9.17) is 23.2 Å². The maximum Gasteiger partial charge on any atom is 0.237 e. The number of rotatable bonds is 3. The molecule has 1 heterocycles. The van der Waals surface area contributed by atoms with Crippen LogP contribution in [0.25, 0.3) is 6.08 Å². The molecule has 0 aliphatic carbocycles. The van der Waals surface area contributed by atoms with Crippen LogP contribution in [0.2, 0.25) is 5.02 Å². The van der Waals surface area contributed by atoms with Gasteiger partial charge < -0.3 is 4.90 Å². The molecule has 2 nitrogen and oxygen atoms in total. The number of piperidine rings is 1. The number of hydrogen-bond donors (Lipinski definition) is 0. The molecule has 0 unspecified atom stereocenters. The van der Waals surface area contributed by atoms with Crippen LogP contribution in [0.5, 0.6) is 0 Å². The zero-order valence-electron chi connectivity index (χ0n) is 10.7. The highest BCUT2D eigenvalue weighted by Crippen LogP contribution is 2.20. The number of likely N-dealkylation sites (tertiary alicyclic amines) is 1. The fourth-order valence-electron chi connectivity index (χ4n) is 2.25. The molecule has 1 amide bonds. The Bertz CT molecular complexity index is 448. The van der Waals surface area contributed by atoms with Crippen LogP contribution < -0.4 is 0 Å². The molecular formula is C15H17Cl2NO. The maximum atomic E-state index is 11.4. The van der Waals surface area contributed by atoms with Crippen LogP contribution in [0.4, 0.5) is 0 Å². The van der Waals surface area contributed by atoms with E-state index in [2.05, 4.69) is 12.2 Å². The average molecular weight is 298 g/mol. The van der Waals surface area contributed by atoms with E-state index >= 15 is 0 Å². The Balaban J connectivity index is 1.85. The first-order chi connectivity index (χ1) is 9.19. The van der Waals surface area contributed by atoms with Gasteiger partial charge in [0.2, 0.25) is 5.91 Å². The van der Waals surface area contributed by atoms with Gasteiger partial charge in [-0.05, 0) is 36.5 Å². The van der Waals surface area contributed by atoms with Crippen LogP contribution in [0, 0.1) is 5.92 Å². The molecule has 0 saturated carbocycles. The van der Waals surface area contributed by atoms with Gasteiger partial charge in [-0.2, -0.15) is 0 Å². The number of carbonyl (C=O) groups excluding carboxylic acids is 1. The van der Waals surface area contributed by atoms with Crippen LogP contribution >= 0.6 is 23.2 Å². The van der Waals surface area contributed by atoms with Gasteiger partial charge in [0, 0.05) is 18.1 Å². The summed E-state index contributed by atoms with van der Waals surface area (Å²) in [5.74, 6) is 0.669. The maximum absolute atomic E-state index is 11.4. The van der Waals surface area contributed by atoms with Crippen molar-refractivity contribution in [1.82, 2.24) is 4.90 Å². The molecule has 0 bridgehead atoms. The topological polar surface area (TPSA) is 20.3 Å². The minimum absolute atomic E-state index is 0.0433. The number of benzene rings is 1. The van der Waals surface area contributed by atoms with Gasteiger partial charge in [-0.1, -0.05) is 35.9 Å². The Labute approximate surface area is 124 Å². The second-order valence-electron chi connectivity index (χ2n) is 4.76. The monoisotopic (exact) mass is 297 g/mol. The highest BCUT2D eigenvalue weighted by molar-refractivity contribution is 6.30. The summed E-state index contributed by atoms with van der Waals surface area (Å²) in [7, 11) is 0. The van der Waals surface area contributed by atoms with E-state index in [0.29, 0.717) is 5.92 Å². The molecular weight excluding hydrogens is 281 g/mol. The van der Waals surface area contributed by atoms with Gasteiger partial charge in [0.15, 0.2) is 0 Å². The van der Waals surface area contributed by atoms with Gasteiger partial charge in [-0.15, -0.1) is 11.6 Å². The van der Waals surface area contributed by atoms with Crippen LogP contribution in [0.15, 0.2) is 30.3 Å². The third kappa shape index (κ3) is 4.26. The molecule has 1 aliphatic heterocycles. The lowest BCUT2D eigenvalue weighted by molar-refractivity contribution is -0.129. The number of allylic oxidation sites excluding steroid dienone is 1. The molecule has 1 saturated heterocycles. The second kappa shape index (κ2) is 6.97. The summed E-state index contributed by atoms with van der Waals surface area (Å²) in [4.78, 5) is 13.3. The molecule has 0 radical (unpaired) electrons. The average Bonchev–Trinajstić information content (AvgIpc) is 2.46. The first-order valence-corrected chi connectivity index (χ1v) is 7.38. The van der Waals surface area contributed by atoms with Crippen molar-refractivity contribution < 1.29 is 4.79 Å². The summed E-state index contributed by atoms with van der Waals surface area (Å²) in [6, 6.07) is 7.79. The minimum Gasteiger partial charge on any atom is -0.342 e. The fraction of sp³-hybridized carbons (Fsp3) is 0.400. The smallest absolute Gasteiger partial charge is 0.237 e. The highest BCUT2D eigenvalue weighted by atomic mass is 35.5. The Hall–Kier alpha value is -0.990. The van der Waals surface area contributed by atoms with E-state index in [9.17, 15) is 4.79 Å². The Morgan fingerprint density at radius 1 is 1.26 bits per heavy atom. The molecule has 102 valence electrons. The summed E-state index contributed by atoms with van der Waals surface area (Å²) < 4.78 is 0. The summed E-state index contributed by atoms with van der Waals surface area (Å²) >= 11 is 11.4. The fourth-order valence-corrected chi connectivity index (χ4v) is 2.54. The standard InChI is InChI=1S/C15H17Cl2NO/c16-11-15(19)18-9-7-13(8-10-18)2-1-12-3-5-14(17)6-4-12/h1-6,13H,7-11H2. The van der Waals surface area contributed by atoms with E-state index in [1.54, 1.807) is 0 Å². The third-order valence-electron chi connectivity index (χ3n) is 3.44. The molecule has 0 N–H and O–H groups in total. The van der Waals surface area contributed by atoms with Crippen molar-refractivity contribution in [1.29, 1.82) is 0 Å². The lowest BCUT2D eigenvalue weighted by Gasteiger charge is -2.30. The number of carbonyl (C=O) groups is 1. The predicted molar refractivity (Wildman–Crippen MR) is 80.5 cm³/mol. The number of halogens is 2. The van der Waals surface area contributed by atoms with Gasteiger partial charge >= 0.3 is 0 Å². The summed E-state index contributed by atoms with van der Waals surface area (Å²) in [6.07, 6.45) is 6.37. The molecule has 1 fully saturated rings. The van der Waals surface area contributed by atoms with E-state index in [1.165, 1.54) is 0 Å². The first kappa shape index (κ1) is 14.4. The largest absolute Gasteiger partial charge is 0.342 e. The lowest BCUT2D eigenvalue weighted by Crippen LogP contribution is -2.38. The van der Waals surface area contributed by atoms with Gasteiger partial charge in [0.05, 0.1) is 0 Å². The van der Waals surface area contributed by atoms with Crippen molar-refractivity contribution in [3.8, 4) is 0 Å². The first-order valence-electron chi connectivity index (χ1n) is 6.46. The summed E-state index contributed by atoms with van der Waals surface area (Å²) in [5.41, 5.74) is 1.16. The number of amides is 1. The molecule has 0 spiro atoms. The predicted octanol–water partition coefficient (Wildman–Crippen LogP) is 3.83. The minimum atomic E-state index is 0.0433. The number of alkyl halides is 1. The third-order valence-corrected chi connectivity index (χ3v) is 3.92. The van der Waals surface area contributed by atoms with Crippen LogP contribution in [-0.4, -0.2) is 29.8 Å². The molecule has 0 aromatic heterocycles. The van der Waals surface area contributed by atoms with Gasteiger partial charge in [0.1, 0.15) is 5.88 Å². The SMILES string of the molecule is O=C(CCl)N1CCC(C=Cc2ccc(Cl)cc2)CC1.